The minimum atomic E-state index is -2.68. The van der Waals surface area contributed by atoms with Gasteiger partial charge in [0.2, 0.25) is 8.32 Å². The van der Waals surface area contributed by atoms with Crippen LogP contribution in [0.2, 0.25) is 39.3 Å². The lowest BCUT2D eigenvalue weighted by atomic mass is 10.4. The molecule has 0 aliphatic carbocycles. The SMILES string of the molecule is CO[SiH](C)O[SiH](C)O[SiH](C)O[Si](C)(O[Si](C)(C)c1ccccc1)c1ccccc1. The molecule has 0 saturated heterocycles. The lowest BCUT2D eigenvalue weighted by Crippen LogP contribution is -2.62. The van der Waals surface area contributed by atoms with E-state index in [-0.39, 0.29) is 0 Å². The van der Waals surface area contributed by atoms with Gasteiger partial charge in [-0.1, -0.05) is 60.7 Å². The second-order valence-electron chi connectivity index (χ2n) is 7.62. The summed E-state index contributed by atoms with van der Waals surface area (Å²) in [6.07, 6.45) is 0. The topological polar surface area (TPSA) is 46.2 Å². The standard InChI is InChI=1S/C19H34O5Si5/c1-20-25(2)21-26(3)22-27(4)23-29(7,19-16-12-9-13-17-19)24-28(5,6)18-14-10-8-11-15-18/h8-17,25-27H,1-7H3. The van der Waals surface area contributed by atoms with Crippen molar-refractivity contribution in [3.05, 3.63) is 60.7 Å². The van der Waals surface area contributed by atoms with Crippen LogP contribution in [-0.2, 0) is 20.9 Å². The molecule has 0 radical (unpaired) electrons. The van der Waals surface area contributed by atoms with E-state index in [0.29, 0.717) is 0 Å². The molecule has 0 N–H and O–H groups in total. The summed E-state index contributed by atoms with van der Waals surface area (Å²) in [6.45, 7) is 12.7. The van der Waals surface area contributed by atoms with Gasteiger partial charge in [-0.25, -0.2) is 0 Å². The Hall–Kier alpha value is -0.676. The second-order valence-corrected chi connectivity index (χ2v) is 21.5. The number of hydrogen-bond donors (Lipinski definition) is 0. The van der Waals surface area contributed by atoms with E-state index in [1.54, 1.807) is 7.11 Å². The predicted molar refractivity (Wildman–Crippen MR) is 132 cm³/mol. The maximum absolute atomic E-state index is 6.92. The largest absolute Gasteiger partial charge is 0.429 e. The van der Waals surface area contributed by atoms with Crippen molar-refractivity contribution in [2.24, 2.45) is 0 Å². The van der Waals surface area contributed by atoms with Gasteiger partial charge in [0, 0.05) is 7.11 Å². The first-order chi connectivity index (χ1) is 13.7. The molecule has 0 heterocycles. The molecule has 10 heteroatoms. The molecule has 0 amide bonds. The highest BCUT2D eigenvalue weighted by atomic mass is 28.5. The van der Waals surface area contributed by atoms with Crippen molar-refractivity contribution in [2.75, 3.05) is 7.11 Å². The van der Waals surface area contributed by atoms with Crippen molar-refractivity contribution in [2.45, 2.75) is 39.3 Å². The van der Waals surface area contributed by atoms with Crippen LogP contribution in [0.3, 0.4) is 0 Å². The molecule has 5 nitrogen and oxygen atoms in total. The quantitative estimate of drug-likeness (QED) is 0.460. The summed E-state index contributed by atoms with van der Waals surface area (Å²) in [6, 6.07) is 20.8. The van der Waals surface area contributed by atoms with E-state index in [1.165, 1.54) is 5.19 Å². The van der Waals surface area contributed by atoms with Crippen molar-refractivity contribution < 1.29 is 20.9 Å². The van der Waals surface area contributed by atoms with Crippen LogP contribution in [0.15, 0.2) is 60.7 Å². The first-order valence-electron chi connectivity index (χ1n) is 9.99. The number of rotatable bonds is 11. The minimum Gasteiger partial charge on any atom is -0.429 e. The van der Waals surface area contributed by atoms with Gasteiger partial charge >= 0.3 is 27.1 Å². The maximum Gasteiger partial charge on any atom is 0.350 e. The van der Waals surface area contributed by atoms with Gasteiger partial charge in [0.05, 0.1) is 0 Å². The molecule has 2 rings (SSSR count). The number of benzene rings is 2. The van der Waals surface area contributed by atoms with Crippen LogP contribution in [0, 0.1) is 0 Å². The molecule has 0 aromatic heterocycles. The summed E-state index contributed by atoms with van der Waals surface area (Å²) in [5.41, 5.74) is 0. The molecular weight excluding hydrogens is 449 g/mol. The van der Waals surface area contributed by atoms with E-state index in [2.05, 4.69) is 62.6 Å². The van der Waals surface area contributed by atoms with Crippen LogP contribution in [-0.4, -0.2) is 51.8 Å². The summed E-state index contributed by atoms with van der Waals surface area (Å²) in [4.78, 5) is 0. The first kappa shape index (κ1) is 24.6. The van der Waals surface area contributed by atoms with Gasteiger partial charge in [0.25, 0.3) is 9.28 Å². The van der Waals surface area contributed by atoms with Gasteiger partial charge in [-0.05, 0) is 49.7 Å². The summed E-state index contributed by atoms with van der Waals surface area (Å²) in [5.74, 6) is 0. The molecule has 2 aromatic carbocycles. The lowest BCUT2D eigenvalue weighted by molar-refractivity contribution is 0.301. The third-order valence-corrected chi connectivity index (χ3v) is 21.3. The minimum absolute atomic E-state index is 1.13. The molecule has 0 spiro atoms. The monoisotopic (exact) mass is 482 g/mol. The summed E-state index contributed by atoms with van der Waals surface area (Å²) in [7, 11) is -8.47. The van der Waals surface area contributed by atoms with Gasteiger partial charge in [-0.15, -0.1) is 0 Å². The van der Waals surface area contributed by atoms with Crippen molar-refractivity contribution in [1.82, 2.24) is 0 Å². The third-order valence-electron chi connectivity index (χ3n) is 4.71. The zero-order valence-electron chi connectivity index (χ0n) is 18.5. The first-order valence-corrected chi connectivity index (χ1v) is 21.5. The van der Waals surface area contributed by atoms with E-state index < -0.39 is 44.7 Å². The van der Waals surface area contributed by atoms with Crippen molar-refractivity contribution in [3.8, 4) is 0 Å². The Morgan fingerprint density at radius 2 is 1.14 bits per heavy atom. The van der Waals surface area contributed by atoms with Gasteiger partial charge < -0.3 is 20.9 Å². The van der Waals surface area contributed by atoms with Crippen molar-refractivity contribution in [3.63, 3.8) is 0 Å². The Morgan fingerprint density at radius 3 is 1.66 bits per heavy atom. The Morgan fingerprint density at radius 1 is 0.655 bits per heavy atom. The maximum atomic E-state index is 6.92. The van der Waals surface area contributed by atoms with E-state index in [0.717, 1.165) is 5.19 Å². The molecule has 29 heavy (non-hydrogen) atoms. The third kappa shape index (κ3) is 7.50. The smallest absolute Gasteiger partial charge is 0.350 e. The lowest BCUT2D eigenvalue weighted by Gasteiger charge is -2.38. The van der Waals surface area contributed by atoms with Gasteiger partial charge in [-0.2, -0.15) is 0 Å². The van der Waals surface area contributed by atoms with Gasteiger partial charge in [0.1, 0.15) is 0 Å². The zero-order valence-corrected chi connectivity index (χ0v) is 24.0. The van der Waals surface area contributed by atoms with Crippen molar-refractivity contribution >= 4 is 55.1 Å². The number of hydrogen-bond acceptors (Lipinski definition) is 5. The van der Waals surface area contributed by atoms with E-state index in [4.69, 9.17) is 20.9 Å². The molecule has 0 aliphatic heterocycles. The van der Waals surface area contributed by atoms with Gasteiger partial charge in [0.15, 0.2) is 0 Å². The highest BCUT2D eigenvalue weighted by Crippen LogP contribution is 2.18. The summed E-state index contributed by atoms with van der Waals surface area (Å²) >= 11 is 0. The Labute approximate surface area is 182 Å². The Bertz CT molecular complexity index is 736. The van der Waals surface area contributed by atoms with Gasteiger partial charge in [-0.3, -0.25) is 0 Å². The normalized spacial score (nSPS) is 17.3. The molecule has 0 aliphatic rings. The van der Waals surface area contributed by atoms with E-state index >= 15 is 0 Å². The molecule has 0 saturated carbocycles. The van der Waals surface area contributed by atoms with Crippen molar-refractivity contribution in [1.29, 1.82) is 0 Å². The summed E-state index contributed by atoms with van der Waals surface area (Å²) in [5, 5.41) is 2.40. The highest BCUT2D eigenvalue weighted by molar-refractivity contribution is 6.96. The van der Waals surface area contributed by atoms with Crippen LogP contribution < -0.4 is 10.4 Å². The van der Waals surface area contributed by atoms with Crippen LogP contribution in [0.4, 0.5) is 0 Å². The van der Waals surface area contributed by atoms with Crippen LogP contribution in [0.5, 0.6) is 0 Å². The average molecular weight is 483 g/mol. The highest BCUT2D eigenvalue weighted by Gasteiger charge is 2.43. The molecule has 4 atom stereocenters. The Kier molecular flexibility index (Phi) is 9.40. The average Bonchev–Trinajstić information content (AvgIpc) is 2.68. The second kappa shape index (κ2) is 11.1. The molecule has 0 fully saturated rings. The fraction of sp³-hybridized carbons (Fsp3) is 0.368. The Balaban J connectivity index is 2.21. The predicted octanol–water partition coefficient (Wildman–Crippen LogP) is 2.34. The molecule has 160 valence electrons. The fourth-order valence-electron chi connectivity index (χ4n) is 3.25. The molecule has 0 bridgehead atoms. The molecule has 4 unspecified atom stereocenters. The van der Waals surface area contributed by atoms with Crippen LogP contribution in [0.1, 0.15) is 0 Å². The zero-order chi connectivity index (χ0) is 21.5. The van der Waals surface area contributed by atoms with Crippen LogP contribution in [0.25, 0.3) is 0 Å². The summed E-state index contributed by atoms with van der Waals surface area (Å²) < 4.78 is 31.1. The van der Waals surface area contributed by atoms with E-state index in [1.807, 2.05) is 37.4 Å². The van der Waals surface area contributed by atoms with E-state index in [9.17, 15) is 0 Å². The molecular formula is C19H34O5Si5. The fourth-order valence-corrected chi connectivity index (χ4v) is 19.9. The molecule has 2 aromatic rings. The van der Waals surface area contributed by atoms with Crippen LogP contribution >= 0.6 is 0 Å².